The Bertz CT molecular complexity index is 296. The first-order chi connectivity index (χ1) is 8.56. The number of carbonyl (C=O) groups is 1. The van der Waals surface area contributed by atoms with Gasteiger partial charge in [-0.1, -0.05) is 0 Å². The SMILES string of the molecule is CC1CN(C(=O)CN2CCC(C(C)N)C2)CCO1. The summed E-state index contributed by atoms with van der Waals surface area (Å²) in [7, 11) is 0. The van der Waals surface area contributed by atoms with Crippen LogP contribution in [0.2, 0.25) is 0 Å². The fourth-order valence-electron chi connectivity index (χ4n) is 2.77. The van der Waals surface area contributed by atoms with Crippen LogP contribution in [0.1, 0.15) is 20.3 Å². The molecule has 2 aliphatic rings. The van der Waals surface area contributed by atoms with E-state index >= 15 is 0 Å². The second-order valence-electron chi connectivity index (χ2n) is 5.66. The second kappa shape index (κ2) is 5.99. The van der Waals surface area contributed by atoms with E-state index in [0.717, 1.165) is 32.6 Å². The average molecular weight is 255 g/mol. The van der Waals surface area contributed by atoms with Crippen LogP contribution in [0.25, 0.3) is 0 Å². The van der Waals surface area contributed by atoms with Crippen molar-refractivity contribution in [3.8, 4) is 0 Å². The number of ether oxygens (including phenoxy) is 1. The van der Waals surface area contributed by atoms with Crippen molar-refractivity contribution in [2.24, 2.45) is 11.7 Å². The van der Waals surface area contributed by atoms with E-state index < -0.39 is 0 Å². The third-order valence-electron chi connectivity index (χ3n) is 4.01. The van der Waals surface area contributed by atoms with Gasteiger partial charge in [-0.25, -0.2) is 0 Å². The quantitative estimate of drug-likeness (QED) is 0.765. The first-order valence-corrected chi connectivity index (χ1v) is 6.93. The molecule has 0 spiro atoms. The Kier molecular flexibility index (Phi) is 4.59. The number of hydrogen-bond donors (Lipinski definition) is 1. The van der Waals surface area contributed by atoms with Crippen LogP contribution in [0.15, 0.2) is 0 Å². The summed E-state index contributed by atoms with van der Waals surface area (Å²) in [6.07, 6.45) is 1.28. The van der Waals surface area contributed by atoms with Crippen LogP contribution in [0.5, 0.6) is 0 Å². The molecule has 5 heteroatoms. The van der Waals surface area contributed by atoms with E-state index in [1.54, 1.807) is 0 Å². The summed E-state index contributed by atoms with van der Waals surface area (Å²) in [5.74, 6) is 0.775. The summed E-state index contributed by atoms with van der Waals surface area (Å²) in [6, 6.07) is 0.230. The Morgan fingerprint density at radius 1 is 1.44 bits per heavy atom. The molecule has 2 rings (SSSR count). The molecule has 2 aliphatic heterocycles. The number of amides is 1. The van der Waals surface area contributed by atoms with Gasteiger partial charge in [0, 0.05) is 25.7 Å². The molecule has 2 heterocycles. The third-order valence-corrected chi connectivity index (χ3v) is 4.01. The predicted octanol–water partition coefficient (Wildman–Crippen LogP) is -0.0972. The van der Waals surface area contributed by atoms with E-state index in [0.29, 0.717) is 19.1 Å². The van der Waals surface area contributed by atoms with Crippen LogP contribution in [-0.4, -0.2) is 67.2 Å². The Morgan fingerprint density at radius 2 is 2.22 bits per heavy atom. The first-order valence-electron chi connectivity index (χ1n) is 6.93. The summed E-state index contributed by atoms with van der Waals surface area (Å²) in [5, 5.41) is 0. The van der Waals surface area contributed by atoms with Crippen molar-refractivity contribution in [3.05, 3.63) is 0 Å². The minimum atomic E-state index is 0.165. The molecular formula is C13H25N3O2. The summed E-state index contributed by atoms with van der Waals surface area (Å²) in [6.45, 7) is 8.69. The van der Waals surface area contributed by atoms with Gasteiger partial charge in [0.25, 0.3) is 0 Å². The molecule has 0 aromatic rings. The van der Waals surface area contributed by atoms with Gasteiger partial charge >= 0.3 is 0 Å². The first kappa shape index (κ1) is 13.8. The molecule has 0 aromatic carbocycles. The van der Waals surface area contributed by atoms with Gasteiger partial charge in [0.2, 0.25) is 5.91 Å². The monoisotopic (exact) mass is 255 g/mol. The molecule has 0 aliphatic carbocycles. The lowest BCUT2D eigenvalue weighted by atomic mass is 10.0. The molecule has 104 valence electrons. The van der Waals surface area contributed by atoms with Crippen LogP contribution in [0.4, 0.5) is 0 Å². The van der Waals surface area contributed by atoms with Gasteiger partial charge in [-0.05, 0) is 32.7 Å². The maximum atomic E-state index is 12.2. The molecule has 0 bridgehead atoms. The van der Waals surface area contributed by atoms with Crippen molar-refractivity contribution in [1.29, 1.82) is 0 Å². The molecule has 3 atom stereocenters. The zero-order valence-electron chi connectivity index (χ0n) is 11.5. The Morgan fingerprint density at radius 3 is 2.83 bits per heavy atom. The molecule has 2 saturated heterocycles. The van der Waals surface area contributed by atoms with Gasteiger partial charge in [0.15, 0.2) is 0 Å². The van der Waals surface area contributed by atoms with E-state index in [4.69, 9.17) is 10.5 Å². The van der Waals surface area contributed by atoms with Crippen molar-refractivity contribution in [2.75, 3.05) is 39.3 Å². The van der Waals surface area contributed by atoms with Gasteiger partial charge in [-0.3, -0.25) is 9.69 Å². The summed E-state index contributed by atoms with van der Waals surface area (Å²) in [5.41, 5.74) is 5.91. The lowest BCUT2D eigenvalue weighted by Gasteiger charge is -2.32. The van der Waals surface area contributed by atoms with Crippen molar-refractivity contribution in [3.63, 3.8) is 0 Å². The number of carbonyl (C=O) groups excluding carboxylic acids is 1. The Labute approximate surface area is 109 Å². The minimum absolute atomic E-state index is 0.165. The maximum absolute atomic E-state index is 12.2. The number of nitrogens with two attached hydrogens (primary N) is 1. The van der Waals surface area contributed by atoms with Crippen LogP contribution in [0.3, 0.4) is 0 Å². The second-order valence-corrected chi connectivity index (χ2v) is 5.66. The standard InChI is InChI=1S/C13H25N3O2/c1-10-7-16(5-6-18-10)13(17)9-15-4-3-12(8-15)11(2)14/h10-12H,3-9,14H2,1-2H3. The van der Waals surface area contributed by atoms with Crippen LogP contribution < -0.4 is 5.73 Å². The molecule has 0 saturated carbocycles. The smallest absolute Gasteiger partial charge is 0.236 e. The molecule has 0 radical (unpaired) electrons. The molecule has 2 fully saturated rings. The lowest BCUT2D eigenvalue weighted by Crippen LogP contribution is -2.48. The third kappa shape index (κ3) is 3.43. The molecule has 5 nitrogen and oxygen atoms in total. The normalized spacial score (nSPS) is 31.6. The number of hydrogen-bond acceptors (Lipinski definition) is 4. The van der Waals surface area contributed by atoms with Crippen molar-refractivity contribution >= 4 is 5.91 Å². The van der Waals surface area contributed by atoms with Crippen LogP contribution >= 0.6 is 0 Å². The highest BCUT2D eigenvalue weighted by Gasteiger charge is 2.28. The minimum Gasteiger partial charge on any atom is -0.375 e. The summed E-state index contributed by atoms with van der Waals surface area (Å²) in [4.78, 5) is 16.3. The Hall–Kier alpha value is -0.650. The van der Waals surface area contributed by atoms with E-state index in [1.165, 1.54) is 0 Å². The van der Waals surface area contributed by atoms with Crippen molar-refractivity contribution < 1.29 is 9.53 Å². The van der Waals surface area contributed by atoms with E-state index in [1.807, 2.05) is 11.8 Å². The molecular weight excluding hydrogens is 230 g/mol. The van der Waals surface area contributed by atoms with Gasteiger partial charge in [0.1, 0.15) is 0 Å². The van der Waals surface area contributed by atoms with E-state index in [2.05, 4.69) is 11.8 Å². The number of rotatable bonds is 3. The number of likely N-dealkylation sites (tertiary alicyclic amines) is 1. The zero-order valence-corrected chi connectivity index (χ0v) is 11.5. The molecule has 2 N–H and O–H groups in total. The Balaban J connectivity index is 1.78. The van der Waals surface area contributed by atoms with Crippen molar-refractivity contribution in [2.45, 2.75) is 32.4 Å². The van der Waals surface area contributed by atoms with Gasteiger partial charge in [0.05, 0.1) is 19.3 Å². The molecule has 18 heavy (non-hydrogen) atoms. The van der Waals surface area contributed by atoms with Gasteiger partial charge in [-0.15, -0.1) is 0 Å². The van der Waals surface area contributed by atoms with Crippen molar-refractivity contribution in [1.82, 2.24) is 9.80 Å². The summed E-state index contributed by atoms with van der Waals surface area (Å²) < 4.78 is 5.45. The molecule has 1 amide bonds. The topological polar surface area (TPSA) is 58.8 Å². The molecule has 0 aromatic heterocycles. The largest absolute Gasteiger partial charge is 0.375 e. The number of morpholine rings is 1. The fourth-order valence-corrected chi connectivity index (χ4v) is 2.77. The maximum Gasteiger partial charge on any atom is 0.236 e. The predicted molar refractivity (Wildman–Crippen MR) is 70.2 cm³/mol. The lowest BCUT2D eigenvalue weighted by molar-refractivity contribution is -0.139. The highest BCUT2D eigenvalue weighted by molar-refractivity contribution is 5.78. The van der Waals surface area contributed by atoms with Crippen LogP contribution in [0, 0.1) is 5.92 Å². The summed E-state index contributed by atoms with van der Waals surface area (Å²) >= 11 is 0. The van der Waals surface area contributed by atoms with E-state index in [-0.39, 0.29) is 18.1 Å². The fraction of sp³-hybridized carbons (Fsp3) is 0.923. The highest BCUT2D eigenvalue weighted by Crippen LogP contribution is 2.18. The van der Waals surface area contributed by atoms with Gasteiger partial charge in [-0.2, -0.15) is 0 Å². The highest BCUT2D eigenvalue weighted by atomic mass is 16.5. The molecule has 3 unspecified atom stereocenters. The zero-order chi connectivity index (χ0) is 13.1. The number of nitrogens with zero attached hydrogens (tertiary/aromatic N) is 2. The average Bonchev–Trinajstić information content (AvgIpc) is 2.77. The van der Waals surface area contributed by atoms with Gasteiger partial charge < -0.3 is 15.4 Å². The van der Waals surface area contributed by atoms with Crippen LogP contribution in [-0.2, 0) is 9.53 Å². The van der Waals surface area contributed by atoms with E-state index in [9.17, 15) is 4.79 Å².